The van der Waals surface area contributed by atoms with Gasteiger partial charge in [-0.2, -0.15) is 0 Å². The van der Waals surface area contributed by atoms with Gasteiger partial charge in [-0.15, -0.1) is 0 Å². The van der Waals surface area contributed by atoms with Crippen LogP contribution in [0.1, 0.15) is 11.9 Å². The van der Waals surface area contributed by atoms with E-state index in [0.29, 0.717) is 11.0 Å². The summed E-state index contributed by atoms with van der Waals surface area (Å²) in [5, 5.41) is 13.3. The van der Waals surface area contributed by atoms with Crippen molar-refractivity contribution in [3.8, 4) is 0 Å². The summed E-state index contributed by atoms with van der Waals surface area (Å²) in [5.41, 5.74) is 0.899. The van der Waals surface area contributed by atoms with E-state index in [2.05, 4.69) is 26.2 Å². The van der Waals surface area contributed by atoms with Crippen molar-refractivity contribution in [3.05, 3.63) is 45.9 Å². The summed E-state index contributed by atoms with van der Waals surface area (Å²) >= 11 is 9.40. The van der Waals surface area contributed by atoms with Crippen LogP contribution in [0, 0.1) is 0 Å². The van der Waals surface area contributed by atoms with Gasteiger partial charge >= 0.3 is 0 Å². The van der Waals surface area contributed by atoms with Crippen LogP contribution in [0.5, 0.6) is 0 Å². The monoisotopic (exact) mass is 329 g/mol. The maximum atomic E-state index is 9.49. The predicted octanol–water partition coefficient (Wildman–Crippen LogP) is 2.98. The van der Waals surface area contributed by atoms with E-state index < -0.39 is 0 Å². The molecule has 1 atom stereocenters. The fraction of sp³-hybridized carbons (Fsp3) is 0.250. The fourth-order valence-electron chi connectivity index (χ4n) is 1.68. The number of rotatable bonds is 4. The Labute approximate surface area is 119 Å². The van der Waals surface area contributed by atoms with Crippen LogP contribution in [0.15, 0.2) is 34.9 Å². The number of halogens is 2. The van der Waals surface area contributed by atoms with E-state index in [9.17, 15) is 5.11 Å². The van der Waals surface area contributed by atoms with E-state index in [1.807, 2.05) is 31.3 Å². The molecule has 0 radical (unpaired) electrons. The van der Waals surface area contributed by atoms with Gasteiger partial charge < -0.3 is 15.0 Å². The van der Waals surface area contributed by atoms with Gasteiger partial charge in [-0.3, -0.25) is 0 Å². The second kappa shape index (κ2) is 5.73. The first-order valence-corrected chi connectivity index (χ1v) is 6.59. The van der Waals surface area contributed by atoms with Crippen LogP contribution in [0.25, 0.3) is 0 Å². The first-order valence-electron chi connectivity index (χ1n) is 5.42. The van der Waals surface area contributed by atoms with Crippen LogP contribution in [0.2, 0.25) is 5.15 Å². The van der Waals surface area contributed by atoms with Gasteiger partial charge in [-0.05, 0) is 28.1 Å². The molecule has 0 aliphatic rings. The minimum atomic E-state index is -0.304. The molecule has 0 spiro atoms. The first kappa shape index (κ1) is 13.4. The number of benzene rings is 1. The van der Waals surface area contributed by atoms with Gasteiger partial charge in [0.1, 0.15) is 17.0 Å². The van der Waals surface area contributed by atoms with Gasteiger partial charge in [-0.1, -0.05) is 23.7 Å². The molecule has 0 bridgehead atoms. The van der Waals surface area contributed by atoms with E-state index in [4.69, 9.17) is 11.6 Å². The fourth-order valence-corrected chi connectivity index (χ4v) is 2.22. The molecule has 0 fully saturated rings. The average Bonchev–Trinajstić information content (AvgIpc) is 2.70. The molecule has 4 nitrogen and oxygen atoms in total. The Morgan fingerprint density at radius 1 is 1.50 bits per heavy atom. The van der Waals surface area contributed by atoms with Gasteiger partial charge in [-0.25, -0.2) is 4.98 Å². The number of aliphatic hydroxyl groups is 1. The van der Waals surface area contributed by atoms with E-state index in [-0.39, 0.29) is 12.6 Å². The van der Waals surface area contributed by atoms with Crippen LogP contribution in [-0.4, -0.2) is 21.3 Å². The first-order chi connectivity index (χ1) is 8.63. The number of hydrogen-bond acceptors (Lipinski definition) is 3. The number of aliphatic hydroxyl groups excluding tert-OH is 1. The summed E-state index contributed by atoms with van der Waals surface area (Å²) in [4.78, 5) is 4.21. The summed E-state index contributed by atoms with van der Waals surface area (Å²) in [7, 11) is 1.81. The number of aromatic nitrogens is 2. The highest BCUT2D eigenvalue weighted by molar-refractivity contribution is 9.10. The van der Waals surface area contributed by atoms with Gasteiger partial charge in [0, 0.05) is 17.2 Å². The van der Waals surface area contributed by atoms with Crippen LogP contribution >= 0.6 is 27.5 Å². The maximum Gasteiger partial charge on any atom is 0.134 e. The second-order valence-corrected chi connectivity index (χ2v) is 5.10. The van der Waals surface area contributed by atoms with Gasteiger partial charge in [0.25, 0.3) is 0 Å². The third kappa shape index (κ3) is 2.68. The number of para-hydroxylation sites is 1. The largest absolute Gasteiger partial charge is 0.394 e. The molecule has 0 aliphatic carbocycles. The molecule has 1 aromatic carbocycles. The minimum absolute atomic E-state index is 0.0669. The van der Waals surface area contributed by atoms with Gasteiger partial charge in [0.2, 0.25) is 0 Å². The van der Waals surface area contributed by atoms with Crippen molar-refractivity contribution in [2.45, 2.75) is 6.04 Å². The van der Waals surface area contributed by atoms with Crippen LogP contribution in [0.3, 0.4) is 0 Å². The van der Waals surface area contributed by atoms with Crippen molar-refractivity contribution in [1.29, 1.82) is 0 Å². The molecule has 2 rings (SSSR count). The zero-order chi connectivity index (χ0) is 13.1. The van der Waals surface area contributed by atoms with E-state index in [1.54, 1.807) is 10.8 Å². The lowest BCUT2D eigenvalue weighted by Crippen LogP contribution is -2.19. The standard InChI is InChI=1S/C12H13BrClN3O/c1-17-11(14)6-15-12(17)10(7-18)16-9-5-3-2-4-8(9)13/h2-6,10,16,18H,7H2,1H3. The Morgan fingerprint density at radius 3 is 2.78 bits per heavy atom. The molecule has 1 heterocycles. The van der Waals surface area contributed by atoms with E-state index in [0.717, 1.165) is 10.2 Å². The molecule has 0 saturated carbocycles. The summed E-state index contributed by atoms with van der Waals surface area (Å²) in [5.74, 6) is 0.693. The van der Waals surface area contributed by atoms with Crippen molar-refractivity contribution in [1.82, 2.24) is 9.55 Å². The number of nitrogens with one attached hydrogen (secondary N) is 1. The third-order valence-electron chi connectivity index (χ3n) is 2.67. The van der Waals surface area contributed by atoms with Crippen molar-refractivity contribution < 1.29 is 5.11 Å². The number of anilines is 1. The Morgan fingerprint density at radius 2 is 2.22 bits per heavy atom. The summed E-state index contributed by atoms with van der Waals surface area (Å²) in [6.07, 6.45) is 1.57. The number of imidazole rings is 1. The molecule has 1 unspecified atom stereocenters. The topological polar surface area (TPSA) is 50.1 Å². The minimum Gasteiger partial charge on any atom is -0.394 e. The molecule has 96 valence electrons. The highest BCUT2D eigenvalue weighted by atomic mass is 79.9. The van der Waals surface area contributed by atoms with E-state index in [1.165, 1.54) is 0 Å². The lowest BCUT2D eigenvalue weighted by atomic mass is 10.2. The molecular formula is C12H13BrClN3O. The third-order valence-corrected chi connectivity index (χ3v) is 3.71. The molecule has 0 aliphatic heterocycles. The molecule has 0 amide bonds. The molecule has 2 aromatic rings. The summed E-state index contributed by atoms with van der Waals surface area (Å²) < 4.78 is 2.68. The van der Waals surface area contributed by atoms with Crippen molar-refractivity contribution in [3.63, 3.8) is 0 Å². The molecule has 0 saturated heterocycles. The van der Waals surface area contributed by atoms with Crippen LogP contribution in [0.4, 0.5) is 5.69 Å². The van der Waals surface area contributed by atoms with Crippen molar-refractivity contribution in [2.75, 3.05) is 11.9 Å². The molecule has 18 heavy (non-hydrogen) atoms. The normalized spacial score (nSPS) is 12.4. The summed E-state index contributed by atoms with van der Waals surface area (Å²) in [6, 6.07) is 7.41. The zero-order valence-corrected chi connectivity index (χ0v) is 12.1. The van der Waals surface area contributed by atoms with Crippen molar-refractivity contribution in [2.24, 2.45) is 7.05 Å². The zero-order valence-electron chi connectivity index (χ0n) is 9.77. The molecule has 1 aromatic heterocycles. The Bertz CT molecular complexity index is 544. The number of nitrogens with zero attached hydrogens (tertiary/aromatic N) is 2. The lowest BCUT2D eigenvalue weighted by Gasteiger charge is -2.18. The predicted molar refractivity (Wildman–Crippen MR) is 75.8 cm³/mol. The molecule has 2 N–H and O–H groups in total. The van der Waals surface area contributed by atoms with Gasteiger partial charge in [0.05, 0.1) is 12.8 Å². The summed E-state index contributed by atoms with van der Waals surface area (Å²) in [6.45, 7) is -0.0669. The molecule has 6 heteroatoms. The SMILES string of the molecule is Cn1c(Cl)cnc1C(CO)Nc1ccccc1Br. The van der Waals surface area contributed by atoms with Crippen molar-refractivity contribution >= 4 is 33.2 Å². The lowest BCUT2D eigenvalue weighted by molar-refractivity contribution is 0.270. The quantitative estimate of drug-likeness (QED) is 0.906. The van der Waals surface area contributed by atoms with Gasteiger partial charge in [0.15, 0.2) is 0 Å². The maximum absolute atomic E-state index is 9.49. The Kier molecular flexibility index (Phi) is 4.27. The Balaban J connectivity index is 2.25. The molecular weight excluding hydrogens is 318 g/mol. The van der Waals surface area contributed by atoms with Crippen LogP contribution in [-0.2, 0) is 7.05 Å². The Hall–Kier alpha value is -1.04. The van der Waals surface area contributed by atoms with Crippen LogP contribution < -0.4 is 5.32 Å². The number of hydrogen-bond donors (Lipinski definition) is 2. The van der Waals surface area contributed by atoms with E-state index >= 15 is 0 Å². The average molecular weight is 331 g/mol. The highest BCUT2D eigenvalue weighted by Gasteiger charge is 2.17. The smallest absolute Gasteiger partial charge is 0.134 e. The second-order valence-electron chi connectivity index (χ2n) is 3.86. The highest BCUT2D eigenvalue weighted by Crippen LogP contribution is 2.26.